The molecule has 35 heavy (non-hydrogen) atoms. The number of nitrogens with zero attached hydrogens (tertiary/aromatic N) is 3. The fraction of sp³-hybridized carbons (Fsp3) is 0.385. The van der Waals surface area contributed by atoms with Crippen molar-refractivity contribution in [3.05, 3.63) is 53.2 Å². The Kier molecular flexibility index (Phi) is 7.70. The molecule has 0 spiro atoms. The predicted octanol–water partition coefficient (Wildman–Crippen LogP) is 4.35. The van der Waals surface area contributed by atoms with Crippen molar-refractivity contribution in [2.45, 2.75) is 39.7 Å². The van der Waals surface area contributed by atoms with E-state index in [1.54, 1.807) is 24.3 Å². The summed E-state index contributed by atoms with van der Waals surface area (Å²) >= 11 is 5.87. The van der Waals surface area contributed by atoms with Gasteiger partial charge in [0.05, 0.1) is 11.2 Å². The molecule has 0 bridgehead atoms. The Hall–Kier alpha value is -3.39. The third kappa shape index (κ3) is 6.39. The van der Waals surface area contributed by atoms with Crippen LogP contribution in [0, 0.1) is 12.8 Å². The molecule has 0 radical (unpaired) electrons. The second-order valence-electron chi connectivity index (χ2n) is 9.06. The maximum absolute atomic E-state index is 12.3. The maximum Gasteiger partial charge on any atom is 0.262 e. The Morgan fingerprint density at radius 3 is 2.51 bits per heavy atom. The van der Waals surface area contributed by atoms with E-state index < -0.39 is 0 Å². The van der Waals surface area contributed by atoms with Gasteiger partial charge in [0, 0.05) is 41.1 Å². The van der Waals surface area contributed by atoms with Gasteiger partial charge in [0.15, 0.2) is 6.61 Å². The summed E-state index contributed by atoms with van der Waals surface area (Å²) in [5, 5.41) is 7.47. The normalized spacial score (nSPS) is 14.3. The zero-order valence-corrected chi connectivity index (χ0v) is 20.9. The molecule has 0 unspecified atom stereocenters. The standard InChI is InChI=1S/C26H30ClN5O3/c1-16(2)25(34)30-19-10-12-32(13-11-19)26-28-17(3)22-14-20(6-9-23(22)31-26)29-24(33)15-35-21-7-4-18(27)5-8-21/h4-9,14,16,19H,10-13,15H2,1-3H3,(H,29,33)(H,30,34). The van der Waals surface area contributed by atoms with Crippen LogP contribution in [0.1, 0.15) is 32.4 Å². The summed E-state index contributed by atoms with van der Waals surface area (Å²) in [4.78, 5) is 36.0. The summed E-state index contributed by atoms with van der Waals surface area (Å²) in [7, 11) is 0. The Balaban J connectivity index is 1.37. The summed E-state index contributed by atoms with van der Waals surface area (Å²) in [5.41, 5.74) is 2.32. The van der Waals surface area contributed by atoms with Gasteiger partial charge in [0.25, 0.3) is 5.91 Å². The van der Waals surface area contributed by atoms with Gasteiger partial charge in [-0.3, -0.25) is 9.59 Å². The average molecular weight is 496 g/mol. The Labute approximate surface area is 210 Å². The molecule has 1 fully saturated rings. The second kappa shape index (κ2) is 10.9. The van der Waals surface area contributed by atoms with Crippen LogP contribution in [0.5, 0.6) is 5.75 Å². The number of carbonyl (C=O) groups is 2. The molecule has 4 rings (SSSR count). The quantitative estimate of drug-likeness (QED) is 0.506. The van der Waals surface area contributed by atoms with Gasteiger partial charge in [-0.15, -0.1) is 0 Å². The zero-order chi connectivity index (χ0) is 24.9. The number of anilines is 2. The number of hydrogen-bond acceptors (Lipinski definition) is 6. The van der Waals surface area contributed by atoms with Gasteiger partial charge < -0.3 is 20.3 Å². The lowest BCUT2D eigenvalue weighted by Crippen LogP contribution is -2.46. The molecule has 2 amide bonds. The molecule has 2 N–H and O–H groups in total. The number of aromatic nitrogens is 2. The number of fused-ring (bicyclic) bond motifs is 1. The highest BCUT2D eigenvalue weighted by Gasteiger charge is 2.23. The first-order chi connectivity index (χ1) is 16.8. The van der Waals surface area contributed by atoms with Crippen molar-refractivity contribution in [3.63, 3.8) is 0 Å². The molecule has 184 valence electrons. The highest BCUT2D eigenvalue weighted by molar-refractivity contribution is 6.30. The average Bonchev–Trinajstić information content (AvgIpc) is 2.84. The second-order valence-corrected chi connectivity index (χ2v) is 9.49. The van der Waals surface area contributed by atoms with E-state index in [0.29, 0.717) is 22.4 Å². The summed E-state index contributed by atoms with van der Waals surface area (Å²) in [6.45, 7) is 7.22. The highest BCUT2D eigenvalue weighted by Crippen LogP contribution is 2.25. The number of nitrogens with one attached hydrogen (secondary N) is 2. The third-order valence-electron chi connectivity index (χ3n) is 5.99. The fourth-order valence-corrected chi connectivity index (χ4v) is 4.08. The number of ether oxygens (including phenoxy) is 1. The van der Waals surface area contributed by atoms with Crippen molar-refractivity contribution in [2.75, 3.05) is 29.9 Å². The smallest absolute Gasteiger partial charge is 0.262 e. The summed E-state index contributed by atoms with van der Waals surface area (Å²) in [6.07, 6.45) is 1.73. The lowest BCUT2D eigenvalue weighted by atomic mass is 10.0. The van der Waals surface area contributed by atoms with E-state index in [-0.39, 0.29) is 30.4 Å². The molecule has 3 aromatic rings. The van der Waals surface area contributed by atoms with E-state index >= 15 is 0 Å². The van der Waals surface area contributed by atoms with Crippen LogP contribution < -0.4 is 20.3 Å². The number of carbonyl (C=O) groups excluding carboxylic acids is 2. The molecular weight excluding hydrogens is 466 g/mol. The molecule has 2 heterocycles. The van der Waals surface area contributed by atoms with Crippen molar-refractivity contribution in [3.8, 4) is 5.75 Å². The first-order valence-corrected chi connectivity index (χ1v) is 12.2. The maximum atomic E-state index is 12.3. The Morgan fingerprint density at radius 2 is 1.83 bits per heavy atom. The van der Waals surface area contributed by atoms with Gasteiger partial charge in [-0.1, -0.05) is 25.4 Å². The van der Waals surface area contributed by atoms with E-state index in [2.05, 4.69) is 15.5 Å². The number of hydrogen-bond donors (Lipinski definition) is 2. The van der Waals surface area contributed by atoms with E-state index in [0.717, 1.165) is 42.5 Å². The van der Waals surface area contributed by atoms with Gasteiger partial charge in [-0.2, -0.15) is 0 Å². The minimum absolute atomic E-state index is 0.00909. The van der Waals surface area contributed by atoms with Crippen LogP contribution in [-0.4, -0.2) is 47.5 Å². The summed E-state index contributed by atoms with van der Waals surface area (Å²) in [5.74, 6) is 1.09. The lowest BCUT2D eigenvalue weighted by Gasteiger charge is -2.33. The van der Waals surface area contributed by atoms with E-state index in [1.165, 1.54) is 0 Å². The van der Waals surface area contributed by atoms with Gasteiger partial charge in [0.2, 0.25) is 11.9 Å². The largest absolute Gasteiger partial charge is 0.484 e. The predicted molar refractivity (Wildman–Crippen MR) is 138 cm³/mol. The molecule has 9 heteroatoms. The van der Waals surface area contributed by atoms with Gasteiger partial charge in [-0.25, -0.2) is 9.97 Å². The molecule has 8 nitrogen and oxygen atoms in total. The molecule has 1 aromatic heterocycles. The van der Waals surface area contributed by atoms with E-state index in [4.69, 9.17) is 26.3 Å². The van der Waals surface area contributed by atoms with Crippen LogP contribution in [-0.2, 0) is 9.59 Å². The van der Waals surface area contributed by atoms with E-state index in [1.807, 2.05) is 39.0 Å². The molecule has 0 atom stereocenters. The summed E-state index contributed by atoms with van der Waals surface area (Å²) in [6, 6.07) is 12.6. The minimum Gasteiger partial charge on any atom is -0.484 e. The van der Waals surface area contributed by atoms with Crippen LogP contribution in [0.15, 0.2) is 42.5 Å². The van der Waals surface area contributed by atoms with Gasteiger partial charge >= 0.3 is 0 Å². The van der Waals surface area contributed by atoms with Crippen molar-refractivity contribution in [2.24, 2.45) is 5.92 Å². The molecule has 0 aliphatic carbocycles. The molecule has 0 saturated carbocycles. The first kappa shape index (κ1) is 24.7. The first-order valence-electron chi connectivity index (χ1n) is 11.8. The molecule has 1 aliphatic heterocycles. The van der Waals surface area contributed by atoms with Crippen molar-refractivity contribution < 1.29 is 14.3 Å². The van der Waals surface area contributed by atoms with Crippen LogP contribution in [0.4, 0.5) is 11.6 Å². The molecular formula is C26H30ClN5O3. The number of benzene rings is 2. The monoisotopic (exact) mass is 495 g/mol. The van der Waals surface area contributed by atoms with Crippen molar-refractivity contribution >= 4 is 46.0 Å². The third-order valence-corrected chi connectivity index (χ3v) is 6.24. The van der Waals surface area contributed by atoms with Crippen molar-refractivity contribution in [1.82, 2.24) is 15.3 Å². The molecule has 1 saturated heterocycles. The lowest BCUT2D eigenvalue weighted by molar-refractivity contribution is -0.124. The molecule has 2 aromatic carbocycles. The van der Waals surface area contributed by atoms with Gasteiger partial charge in [0.1, 0.15) is 5.75 Å². The van der Waals surface area contributed by atoms with Crippen LogP contribution in [0.2, 0.25) is 5.02 Å². The van der Waals surface area contributed by atoms with Crippen molar-refractivity contribution in [1.29, 1.82) is 0 Å². The number of halogens is 1. The van der Waals surface area contributed by atoms with Gasteiger partial charge in [-0.05, 0) is 62.2 Å². The van der Waals surface area contributed by atoms with Crippen LogP contribution in [0.25, 0.3) is 10.9 Å². The number of amides is 2. The number of piperidine rings is 1. The van der Waals surface area contributed by atoms with Crippen LogP contribution >= 0.6 is 11.6 Å². The number of rotatable bonds is 7. The minimum atomic E-state index is -0.262. The summed E-state index contributed by atoms with van der Waals surface area (Å²) < 4.78 is 5.51. The Morgan fingerprint density at radius 1 is 1.11 bits per heavy atom. The topological polar surface area (TPSA) is 96.5 Å². The SMILES string of the molecule is Cc1nc(N2CCC(NC(=O)C(C)C)CC2)nc2ccc(NC(=O)COc3ccc(Cl)cc3)cc12. The fourth-order valence-electron chi connectivity index (χ4n) is 3.95. The highest BCUT2D eigenvalue weighted by atomic mass is 35.5. The van der Waals surface area contributed by atoms with Crippen LogP contribution in [0.3, 0.4) is 0 Å². The molecule has 1 aliphatic rings. The Bertz CT molecular complexity index is 1210. The number of aryl methyl sites for hydroxylation is 1. The zero-order valence-electron chi connectivity index (χ0n) is 20.2. The van der Waals surface area contributed by atoms with E-state index in [9.17, 15) is 9.59 Å².